The van der Waals surface area contributed by atoms with Gasteiger partial charge in [0.25, 0.3) is 23.1 Å². The number of ether oxygens (including phenoxy) is 2. The zero-order valence-electron chi connectivity index (χ0n) is 19.4. The number of rotatable bonds is 7. The predicted octanol–water partition coefficient (Wildman–Crippen LogP) is 2.18. The number of carbonyl (C=O) groups is 2. The van der Waals surface area contributed by atoms with E-state index in [-0.39, 0.29) is 34.9 Å². The number of hydrazone groups is 1. The largest absolute Gasteiger partial charge is 0.454 e. The molecule has 1 aromatic heterocycles. The summed E-state index contributed by atoms with van der Waals surface area (Å²) in [6.45, 7) is -0.0767. The number of hydrogen-bond donors (Lipinski definition) is 3. The second-order valence-corrected chi connectivity index (χ2v) is 8.01. The molecule has 38 heavy (non-hydrogen) atoms. The van der Waals surface area contributed by atoms with E-state index in [0.29, 0.717) is 16.7 Å². The van der Waals surface area contributed by atoms with Gasteiger partial charge in [-0.1, -0.05) is 36.4 Å². The van der Waals surface area contributed by atoms with Crippen molar-refractivity contribution in [3.63, 3.8) is 0 Å². The summed E-state index contributed by atoms with van der Waals surface area (Å²) in [5, 5.41) is 25.0. The average Bonchev–Trinajstić information content (AvgIpc) is 3.40. The van der Waals surface area contributed by atoms with Gasteiger partial charge in [-0.15, -0.1) is 0 Å². The van der Waals surface area contributed by atoms with E-state index < -0.39 is 28.3 Å². The number of nitro benzene ring substituents is 1. The van der Waals surface area contributed by atoms with Gasteiger partial charge in [0.2, 0.25) is 6.79 Å². The quantitative estimate of drug-likeness (QED) is 0.191. The normalized spacial score (nSPS) is 12.8. The summed E-state index contributed by atoms with van der Waals surface area (Å²) in [6, 6.07) is 15.9. The van der Waals surface area contributed by atoms with E-state index in [9.17, 15) is 24.5 Å². The number of benzene rings is 3. The number of nitro groups is 1. The Kier molecular flexibility index (Phi) is 6.46. The Morgan fingerprint density at radius 3 is 2.47 bits per heavy atom. The molecule has 0 unspecified atom stereocenters. The van der Waals surface area contributed by atoms with Crippen LogP contribution in [0.25, 0.3) is 10.8 Å². The van der Waals surface area contributed by atoms with Crippen LogP contribution < -0.4 is 25.8 Å². The number of nitrogens with zero attached hydrogens (tertiary/aromatic N) is 3. The zero-order valence-corrected chi connectivity index (χ0v) is 19.4. The summed E-state index contributed by atoms with van der Waals surface area (Å²) >= 11 is 0. The Labute approximate surface area is 213 Å². The fraction of sp³-hybridized carbons (Fsp3) is 0.0800. The second-order valence-electron chi connectivity index (χ2n) is 8.01. The highest BCUT2D eigenvalue weighted by Crippen LogP contribution is 2.37. The first-order valence-corrected chi connectivity index (χ1v) is 11.2. The summed E-state index contributed by atoms with van der Waals surface area (Å²) < 4.78 is 10.4. The number of hydrogen-bond acceptors (Lipinski definition) is 9. The molecule has 0 aliphatic carbocycles. The minimum atomic E-state index is -1.38. The van der Waals surface area contributed by atoms with Crippen LogP contribution in [0.15, 0.2) is 76.6 Å². The summed E-state index contributed by atoms with van der Waals surface area (Å²) in [5.41, 5.74) is 1.93. The lowest BCUT2D eigenvalue weighted by molar-refractivity contribution is -0.385. The Bertz CT molecular complexity index is 1650. The lowest BCUT2D eigenvalue weighted by Gasteiger charge is -2.18. The van der Waals surface area contributed by atoms with E-state index in [1.54, 1.807) is 54.6 Å². The van der Waals surface area contributed by atoms with Crippen molar-refractivity contribution < 1.29 is 24.0 Å². The molecule has 3 aromatic carbocycles. The van der Waals surface area contributed by atoms with Gasteiger partial charge in [0, 0.05) is 10.9 Å². The Balaban J connectivity index is 1.47. The van der Waals surface area contributed by atoms with Crippen LogP contribution >= 0.6 is 0 Å². The van der Waals surface area contributed by atoms with Crippen molar-refractivity contribution in [1.82, 2.24) is 20.9 Å². The van der Waals surface area contributed by atoms with Gasteiger partial charge in [0.15, 0.2) is 17.5 Å². The molecule has 0 saturated carbocycles. The highest BCUT2D eigenvalue weighted by molar-refractivity contribution is 5.99. The van der Waals surface area contributed by atoms with Crippen LogP contribution in [0.2, 0.25) is 0 Å². The first kappa shape index (κ1) is 24.1. The van der Waals surface area contributed by atoms with E-state index in [4.69, 9.17) is 9.47 Å². The average molecular weight is 514 g/mol. The Hall–Kier alpha value is -5.59. The molecule has 1 aliphatic rings. The standard InChI is InChI=1S/C25H18N6O7/c32-23(14-6-2-1-3-7-14)27-22(21-16-8-4-5-9-17(16)24(33)30-28-21)25(34)29-26-12-15-10-19-20(38-13-37-19)11-18(15)31(35)36/h1-12,22H,13H2,(H,27,32)(H,29,34)(H,30,33)/b26-12-/t22-/m0/s1. The van der Waals surface area contributed by atoms with Gasteiger partial charge in [0.05, 0.1) is 28.2 Å². The smallest absolute Gasteiger partial charge is 0.282 e. The minimum absolute atomic E-state index is 0.0528. The maximum absolute atomic E-state index is 13.3. The molecule has 2 amide bonds. The van der Waals surface area contributed by atoms with Crippen molar-refractivity contribution in [2.45, 2.75) is 6.04 Å². The second kappa shape index (κ2) is 10.2. The molecular formula is C25H18N6O7. The first-order valence-electron chi connectivity index (χ1n) is 11.2. The van der Waals surface area contributed by atoms with Gasteiger partial charge >= 0.3 is 0 Å². The molecule has 0 saturated heterocycles. The monoisotopic (exact) mass is 514 g/mol. The van der Waals surface area contributed by atoms with Crippen LogP contribution in [0, 0.1) is 10.1 Å². The third-order valence-electron chi connectivity index (χ3n) is 5.67. The van der Waals surface area contributed by atoms with Gasteiger partial charge in [-0.25, -0.2) is 10.5 Å². The van der Waals surface area contributed by atoms with Gasteiger partial charge in [0.1, 0.15) is 5.69 Å². The number of carbonyl (C=O) groups excluding carboxylic acids is 2. The van der Waals surface area contributed by atoms with Crippen LogP contribution in [-0.2, 0) is 4.79 Å². The highest BCUT2D eigenvalue weighted by atomic mass is 16.7. The minimum Gasteiger partial charge on any atom is -0.454 e. The fourth-order valence-corrected chi connectivity index (χ4v) is 3.86. The molecule has 4 aromatic rings. The van der Waals surface area contributed by atoms with Crippen LogP contribution in [0.4, 0.5) is 5.69 Å². The number of amides is 2. The van der Waals surface area contributed by atoms with E-state index in [1.807, 2.05) is 0 Å². The first-order chi connectivity index (χ1) is 18.4. The SMILES string of the molecule is O=C(N[C@H](C(=O)N/N=C\c1cc2c(cc1[N+](=O)[O-])OCO2)c1n[nH]c(=O)c2ccccc12)c1ccccc1. The van der Waals surface area contributed by atoms with Gasteiger partial charge in [-0.05, 0) is 24.3 Å². The molecule has 0 spiro atoms. The van der Waals surface area contributed by atoms with Crippen LogP contribution in [0.5, 0.6) is 11.5 Å². The summed E-state index contributed by atoms with van der Waals surface area (Å²) in [7, 11) is 0. The molecular weight excluding hydrogens is 496 g/mol. The molecule has 13 nitrogen and oxygen atoms in total. The summed E-state index contributed by atoms with van der Waals surface area (Å²) in [6.07, 6.45) is 1.08. The summed E-state index contributed by atoms with van der Waals surface area (Å²) in [5.74, 6) is -0.866. The third-order valence-corrected chi connectivity index (χ3v) is 5.67. The van der Waals surface area contributed by atoms with Crippen molar-refractivity contribution in [2.24, 2.45) is 5.10 Å². The molecule has 5 rings (SSSR count). The van der Waals surface area contributed by atoms with Gasteiger partial charge < -0.3 is 14.8 Å². The highest BCUT2D eigenvalue weighted by Gasteiger charge is 2.28. The molecule has 0 bridgehead atoms. The predicted molar refractivity (Wildman–Crippen MR) is 134 cm³/mol. The van der Waals surface area contributed by atoms with Crippen molar-refractivity contribution in [1.29, 1.82) is 0 Å². The molecule has 0 fully saturated rings. The van der Waals surface area contributed by atoms with Crippen molar-refractivity contribution in [3.8, 4) is 11.5 Å². The zero-order chi connectivity index (χ0) is 26.6. The molecule has 2 heterocycles. The van der Waals surface area contributed by atoms with Crippen LogP contribution in [-0.4, -0.2) is 39.9 Å². The Morgan fingerprint density at radius 1 is 1.05 bits per heavy atom. The maximum atomic E-state index is 13.3. The Morgan fingerprint density at radius 2 is 1.74 bits per heavy atom. The van der Waals surface area contributed by atoms with Crippen molar-refractivity contribution >= 4 is 34.5 Å². The summed E-state index contributed by atoms with van der Waals surface area (Å²) in [4.78, 5) is 49.3. The topological polar surface area (TPSA) is 178 Å². The van der Waals surface area contributed by atoms with E-state index in [0.717, 1.165) is 6.21 Å². The third kappa shape index (κ3) is 4.75. The molecule has 0 radical (unpaired) electrons. The van der Waals surface area contributed by atoms with E-state index in [2.05, 4.69) is 26.0 Å². The number of fused-ring (bicyclic) bond motifs is 2. The molecule has 1 atom stereocenters. The lowest BCUT2D eigenvalue weighted by Crippen LogP contribution is -2.40. The van der Waals surface area contributed by atoms with Gasteiger partial charge in [-0.2, -0.15) is 10.2 Å². The molecule has 1 aliphatic heterocycles. The molecule has 190 valence electrons. The maximum Gasteiger partial charge on any atom is 0.282 e. The lowest BCUT2D eigenvalue weighted by atomic mass is 10.0. The number of nitrogens with one attached hydrogen (secondary N) is 3. The number of aromatic nitrogens is 2. The molecule has 13 heteroatoms. The molecule has 3 N–H and O–H groups in total. The van der Waals surface area contributed by atoms with Crippen molar-refractivity contribution in [2.75, 3.05) is 6.79 Å². The van der Waals surface area contributed by atoms with Crippen molar-refractivity contribution in [3.05, 3.63) is 104 Å². The fourth-order valence-electron chi connectivity index (χ4n) is 3.86. The van der Waals surface area contributed by atoms with E-state index >= 15 is 0 Å². The number of H-pyrrole nitrogens is 1. The van der Waals surface area contributed by atoms with Crippen LogP contribution in [0.1, 0.15) is 27.7 Å². The van der Waals surface area contributed by atoms with Gasteiger partial charge in [-0.3, -0.25) is 24.5 Å². The number of aromatic amines is 1. The van der Waals surface area contributed by atoms with E-state index in [1.165, 1.54) is 12.1 Å². The van der Waals surface area contributed by atoms with Crippen LogP contribution in [0.3, 0.4) is 0 Å².